The lowest BCUT2D eigenvalue weighted by Gasteiger charge is -2.15. The van der Waals surface area contributed by atoms with Gasteiger partial charge in [-0.15, -0.1) is 12.3 Å². The van der Waals surface area contributed by atoms with Crippen LogP contribution in [0.1, 0.15) is 24.4 Å². The number of nitrogens with two attached hydrogens (primary N) is 1. The molecule has 1 rings (SSSR count). The minimum absolute atomic E-state index is 0.328. The number of hydrogen-bond acceptors (Lipinski definition) is 2. The van der Waals surface area contributed by atoms with E-state index in [4.69, 9.17) is 12.3 Å². The van der Waals surface area contributed by atoms with E-state index in [0.29, 0.717) is 18.4 Å². The monoisotopic (exact) mass is 210 g/mol. The summed E-state index contributed by atoms with van der Waals surface area (Å²) in [6, 6.07) is 2.97. The minimum Gasteiger partial charge on any atom is -0.271 e. The molecule has 2 nitrogen and oxygen atoms in total. The van der Waals surface area contributed by atoms with Gasteiger partial charge in [-0.1, -0.05) is 0 Å². The highest BCUT2D eigenvalue weighted by Gasteiger charge is 2.11. The third kappa shape index (κ3) is 3.31. The van der Waals surface area contributed by atoms with Crippen molar-refractivity contribution in [3.05, 3.63) is 35.4 Å². The third-order valence-corrected chi connectivity index (χ3v) is 2.07. The van der Waals surface area contributed by atoms with Crippen LogP contribution < -0.4 is 11.3 Å². The maximum atomic E-state index is 12.9. The second-order valence-corrected chi connectivity index (χ2v) is 3.16. The molecule has 1 aromatic carbocycles. The predicted octanol–water partition coefficient (Wildman–Crippen LogP) is 1.88. The van der Waals surface area contributed by atoms with Crippen LogP contribution in [0.3, 0.4) is 0 Å². The van der Waals surface area contributed by atoms with Crippen molar-refractivity contribution < 1.29 is 8.78 Å². The summed E-state index contributed by atoms with van der Waals surface area (Å²) in [6.07, 6.45) is 6.13. The number of benzene rings is 1. The average molecular weight is 210 g/mol. The Hall–Kier alpha value is -1.44. The minimum atomic E-state index is -0.619. The van der Waals surface area contributed by atoms with Gasteiger partial charge in [-0.05, 0) is 24.1 Å². The lowest BCUT2D eigenvalue weighted by Crippen LogP contribution is -2.28. The Kier molecular flexibility index (Phi) is 4.22. The molecule has 0 fully saturated rings. The van der Waals surface area contributed by atoms with Crippen molar-refractivity contribution in [3.8, 4) is 12.3 Å². The Morgan fingerprint density at radius 2 is 1.93 bits per heavy atom. The Morgan fingerprint density at radius 3 is 2.40 bits per heavy atom. The van der Waals surface area contributed by atoms with Crippen molar-refractivity contribution in [1.29, 1.82) is 0 Å². The molecule has 1 unspecified atom stereocenters. The Morgan fingerprint density at radius 1 is 1.33 bits per heavy atom. The fraction of sp³-hybridized carbons (Fsp3) is 0.273. The van der Waals surface area contributed by atoms with Crippen LogP contribution >= 0.6 is 0 Å². The molecule has 3 N–H and O–H groups in total. The van der Waals surface area contributed by atoms with E-state index in [1.54, 1.807) is 0 Å². The van der Waals surface area contributed by atoms with E-state index in [0.717, 1.165) is 6.07 Å². The van der Waals surface area contributed by atoms with Crippen LogP contribution in [0, 0.1) is 24.0 Å². The molecular weight excluding hydrogens is 198 g/mol. The van der Waals surface area contributed by atoms with Crippen LogP contribution in [0.4, 0.5) is 8.78 Å². The van der Waals surface area contributed by atoms with Gasteiger partial charge >= 0.3 is 0 Å². The molecule has 0 saturated carbocycles. The zero-order valence-corrected chi connectivity index (χ0v) is 8.13. The molecule has 0 amide bonds. The number of hydrazine groups is 1. The molecule has 4 heteroatoms. The van der Waals surface area contributed by atoms with Gasteiger partial charge in [0, 0.05) is 18.5 Å². The van der Waals surface area contributed by atoms with Crippen LogP contribution in [0.5, 0.6) is 0 Å². The van der Waals surface area contributed by atoms with Gasteiger partial charge in [0.1, 0.15) is 11.6 Å². The summed E-state index contributed by atoms with van der Waals surface area (Å²) in [5.41, 5.74) is 2.94. The van der Waals surface area contributed by atoms with Gasteiger partial charge in [0.05, 0.1) is 0 Å². The van der Waals surface area contributed by atoms with E-state index < -0.39 is 11.6 Å². The highest BCUT2D eigenvalue weighted by Crippen LogP contribution is 2.19. The van der Waals surface area contributed by atoms with Gasteiger partial charge in [0.25, 0.3) is 0 Å². The lowest BCUT2D eigenvalue weighted by atomic mass is 10.0. The summed E-state index contributed by atoms with van der Waals surface area (Å²) in [5.74, 6) is 6.49. The van der Waals surface area contributed by atoms with Crippen LogP contribution in [0.25, 0.3) is 0 Å². The molecule has 1 aromatic rings. The molecule has 15 heavy (non-hydrogen) atoms. The quantitative estimate of drug-likeness (QED) is 0.452. The first-order valence-electron chi connectivity index (χ1n) is 4.53. The molecule has 0 aliphatic carbocycles. The number of hydrogen-bond donors (Lipinski definition) is 2. The van der Waals surface area contributed by atoms with Gasteiger partial charge in [-0.2, -0.15) is 0 Å². The smallest absolute Gasteiger partial charge is 0.126 e. The van der Waals surface area contributed by atoms with E-state index in [1.165, 1.54) is 12.1 Å². The molecule has 0 aromatic heterocycles. The molecule has 0 radical (unpaired) electrons. The van der Waals surface area contributed by atoms with Crippen molar-refractivity contribution in [2.45, 2.75) is 18.9 Å². The summed E-state index contributed by atoms with van der Waals surface area (Å²) in [5, 5.41) is 0. The van der Waals surface area contributed by atoms with Gasteiger partial charge in [0.15, 0.2) is 0 Å². The average Bonchev–Trinajstić information content (AvgIpc) is 2.17. The van der Waals surface area contributed by atoms with Crippen molar-refractivity contribution in [1.82, 2.24) is 5.43 Å². The fourth-order valence-corrected chi connectivity index (χ4v) is 1.35. The number of nitrogens with one attached hydrogen (secondary N) is 1. The maximum Gasteiger partial charge on any atom is 0.126 e. The maximum absolute atomic E-state index is 12.9. The van der Waals surface area contributed by atoms with Crippen molar-refractivity contribution in [2.24, 2.45) is 5.84 Å². The van der Waals surface area contributed by atoms with E-state index in [-0.39, 0.29) is 6.04 Å². The van der Waals surface area contributed by atoms with Crippen LogP contribution in [0.2, 0.25) is 0 Å². The number of halogens is 2. The second kappa shape index (κ2) is 5.44. The normalized spacial score (nSPS) is 12.1. The highest BCUT2D eigenvalue weighted by molar-refractivity contribution is 5.21. The van der Waals surface area contributed by atoms with E-state index >= 15 is 0 Å². The Balaban J connectivity index is 2.87. The number of rotatable bonds is 4. The molecule has 0 bridgehead atoms. The molecule has 80 valence electrons. The van der Waals surface area contributed by atoms with Crippen molar-refractivity contribution >= 4 is 0 Å². The zero-order chi connectivity index (χ0) is 11.3. The van der Waals surface area contributed by atoms with E-state index in [2.05, 4.69) is 11.3 Å². The van der Waals surface area contributed by atoms with Crippen LogP contribution in [-0.4, -0.2) is 0 Å². The topological polar surface area (TPSA) is 38.0 Å². The summed E-state index contributed by atoms with van der Waals surface area (Å²) in [6.45, 7) is 0. The van der Waals surface area contributed by atoms with Crippen molar-refractivity contribution in [2.75, 3.05) is 0 Å². The molecule has 0 aliphatic heterocycles. The summed E-state index contributed by atoms with van der Waals surface area (Å²) in [7, 11) is 0. The summed E-state index contributed by atoms with van der Waals surface area (Å²) < 4.78 is 25.8. The SMILES string of the molecule is C#CCCC(NN)c1cc(F)cc(F)c1. The third-order valence-electron chi connectivity index (χ3n) is 2.07. The van der Waals surface area contributed by atoms with Crippen LogP contribution in [-0.2, 0) is 0 Å². The zero-order valence-electron chi connectivity index (χ0n) is 8.13. The van der Waals surface area contributed by atoms with E-state index in [1.807, 2.05) is 0 Å². The van der Waals surface area contributed by atoms with Crippen molar-refractivity contribution in [3.63, 3.8) is 0 Å². The van der Waals surface area contributed by atoms with E-state index in [9.17, 15) is 8.78 Å². The molecule has 0 heterocycles. The molecular formula is C11H12F2N2. The molecule has 1 atom stereocenters. The largest absolute Gasteiger partial charge is 0.271 e. The summed E-state index contributed by atoms with van der Waals surface area (Å²) in [4.78, 5) is 0. The highest BCUT2D eigenvalue weighted by atomic mass is 19.1. The molecule has 0 spiro atoms. The van der Waals surface area contributed by atoms with Gasteiger partial charge in [-0.3, -0.25) is 11.3 Å². The predicted molar refractivity (Wildman–Crippen MR) is 54.5 cm³/mol. The first-order chi connectivity index (χ1) is 7.17. The Labute approximate surface area is 87.4 Å². The molecule has 0 aliphatic rings. The second-order valence-electron chi connectivity index (χ2n) is 3.16. The fourth-order valence-electron chi connectivity index (χ4n) is 1.35. The van der Waals surface area contributed by atoms with Crippen LogP contribution in [0.15, 0.2) is 18.2 Å². The van der Waals surface area contributed by atoms with Gasteiger partial charge < -0.3 is 0 Å². The number of terminal acetylenes is 1. The van der Waals surface area contributed by atoms with Gasteiger partial charge in [0.2, 0.25) is 0 Å². The van der Waals surface area contributed by atoms with Gasteiger partial charge in [-0.25, -0.2) is 8.78 Å². The lowest BCUT2D eigenvalue weighted by molar-refractivity contribution is 0.510. The standard InChI is InChI=1S/C11H12F2N2/c1-2-3-4-11(15-14)8-5-9(12)7-10(13)6-8/h1,5-7,11,15H,3-4,14H2. The first-order valence-corrected chi connectivity index (χ1v) is 4.53. The molecule has 0 saturated heterocycles. The first kappa shape index (κ1) is 11.6. The Bertz CT molecular complexity index is 351. The summed E-state index contributed by atoms with van der Waals surface area (Å²) >= 11 is 0.